The summed E-state index contributed by atoms with van der Waals surface area (Å²) in [6.45, 7) is 3.42. The van der Waals surface area contributed by atoms with Gasteiger partial charge in [-0.3, -0.25) is 28.3 Å². The molecule has 67 heavy (non-hydrogen) atoms. The first-order valence-electron chi connectivity index (χ1n) is 19.8. The van der Waals surface area contributed by atoms with Gasteiger partial charge in [-0.2, -0.15) is 0 Å². The Kier molecular flexibility index (Phi) is 16.0. The third-order valence-corrected chi connectivity index (χ3v) is 11.3. The number of pyridine rings is 2. The summed E-state index contributed by atoms with van der Waals surface area (Å²) in [4.78, 5) is 51.1. The molecule has 5 aromatic carbocycles. The number of aromatic nitrogens is 2. The normalized spacial score (nSPS) is 10.7. The van der Waals surface area contributed by atoms with Gasteiger partial charge < -0.3 is 35.9 Å². The number of rotatable bonds is 13. The molecule has 0 saturated carbocycles. The predicted octanol–water partition coefficient (Wildman–Crippen LogP) is 10.3. The van der Waals surface area contributed by atoms with Crippen molar-refractivity contribution in [2.24, 2.45) is 19.8 Å². The second kappa shape index (κ2) is 21.6. The fourth-order valence-corrected chi connectivity index (χ4v) is 7.31. The molecule has 346 valence electrons. The number of nitrogens with one attached hydrogen (secondary N) is 3. The SMILES string of the molecule is COc1ccc(CNC(=O)c2c(Oc3ccc(F)cc3C)cc(=O)n(C)c2Nc2ccc(I)cc2F)cc1.Cc1cc(F)ccc1Oc1cc(=O)n(C)c(Nc2ccc(I)cc2F)c1C(N)=O. The van der Waals surface area contributed by atoms with Crippen LogP contribution in [-0.4, -0.2) is 28.1 Å². The van der Waals surface area contributed by atoms with Crippen LogP contribution in [0.4, 0.5) is 40.6 Å². The van der Waals surface area contributed by atoms with Crippen molar-refractivity contribution in [2.45, 2.75) is 20.4 Å². The van der Waals surface area contributed by atoms with E-state index in [1.54, 1.807) is 57.4 Å². The Morgan fingerprint density at radius 3 is 1.48 bits per heavy atom. The minimum absolute atomic E-state index is 0.0257. The molecule has 0 bridgehead atoms. The van der Waals surface area contributed by atoms with Crippen molar-refractivity contribution in [3.8, 4) is 28.7 Å². The molecular weight excluding hydrogens is 1100 g/mol. The summed E-state index contributed by atoms with van der Waals surface area (Å²) in [6.07, 6.45) is 0. The van der Waals surface area contributed by atoms with Gasteiger partial charge in [0.2, 0.25) is 0 Å². The Morgan fingerprint density at radius 1 is 0.612 bits per heavy atom. The lowest BCUT2D eigenvalue weighted by Gasteiger charge is -2.20. The number of nitrogens with zero attached hydrogens (tertiary/aromatic N) is 2. The smallest absolute Gasteiger partial charge is 0.259 e. The molecular formula is C48H40F4I2N6O7. The van der Waals surface area contributed by atoms with E-state index in [-0.39, 0.29) is 63.7 Å². The fraction of sp³-hybridized carbons (Fsp3) is 0.125. The molecule has 0 radical (unpaired) electrons. The number of hydrogen-bond acceptors (Lipinski definition) is 9. The lowest BCUT2D eigenvalue weighted by atomic mass is 10.1. The number of aryl methyl sites for hydroxylation is 2. The first-order chi connectivity index (χ1) is 31.8. The molecule has 5 N–H and O–H groups in total. The van der Waals surface area contributed by atoms with Gasteiger partial charge in [0.1, 0.15) is 74.8 Å². The third-order valence-electron chi connectivity index (χ3n) is 9.98. The van der Waals surface area contributed by atoms with Crippen LogP contribution < -0.4 is 47.0 Å². The third kappa shape index (κ3) is 12.1. The van der Waals surface area contributed by atoms with Gasteiger partial charge in [-0.25, -0.2) is 17.6 Å². The van der Waals surface area contributed by atoms with Crippen LogP contribution in [0.15, 0.2) is 119 Å². The molecule has 19 heteroatoms. The molecule has 7 rings (SSSR count). The topological polar surface area (TPSA) is 168 Å². The van der Waals surface area contributed by atoms with Gasteiger partial charge >= 0.3 is 0 Å². The highest BCUT2D eigenvalue weighted by Gasteiger charge is 2.25. The quantitative estimate of drug-likeness (QED) is 0.0649. The van der Waals surface area contributed by atoms with Crippen molar-refractivity contribution >= 4 is 80.0 Å². The molecule has 0 saturated heterocycles. The van der Waals surface area contributed by atoms with Gasteiger partial charge in [0.15, 0.2) is 0 Å². The molecule has 0 spiro atoms. The summed E-state index contributed by atoms with van der Waals surface area (Å²) >= 11 is 3.95. The summed E-state index contributed by atoms with van der Waals surface area (Å²) in [5.41, 5.74) is 6.20. The summed E-state index contributed by atoms with van der Waals surface area (Å²) in [5, 5.41) is 8.47. The first-order valence-corrected chi connectivity index (χ1v) is 22.0. The number of amides is 2. The number of nitrogens with two attached hydrogens (primary N) is 1. The van der Waals surface area contributed by atoms with Crippen LogP contribution in [0.3, 0.4) is 0 Å². The maximum atomic E-state index is 14.7. The predicted molar refractivity (Wildman–Crippen MR) is 263 cm³/mol. The van der Waals surface area contributed by atoms with Gasteiger partial charge in [0, 0.05) is 39.9 Å². The zero-order valence-electron chi connectivity index (χ0n) is 36.2. The number of hydrogen-bond donors (Lipinski definition) is 4. The van der Waals surface area contributed by atoms with E-state index in [1.807, 2.05) is 45.2 Å². The molecule has 0 atom stereocenters. The van der Waals surface area contributed by atoms with E-state index in [4.69, 9.17) is 19.9 Å². The van der Waals surface area contributed by atoms with Crippen molar-refractivity contribution in [3.63, 3.8) is 0 Å². The van der Waals surface area contributed by atoms with Crippen molar-refractivity contribution < 1.29 is 41.4 Å². The molecule has 0 aliphatic heterocycles. The van der Waals surface area contributed by atoms with Crippen LogP contribution in [0.25, 0.3) is 0 Å². The van der Waals surface area contributed by atoms with Crippen LogP contribution in [0.1, 0.15) is 37.4 Å². The molecule has 13 nitrogen and oxygen atoms in total. The van der Waals surface area contributed by atoms with Crippen molar-refractivity contribution in [2.75, 3.05) is 17.7 Å². The Morgan fingerprint density at radius 2 is 1.06 bits per heavy atom. The van der Waals surface area contributed by atoms with Crippen molar-refractivity contribution in [3.05, 3.63) is 188 Å². The van der Waals surface area contributed by atoms with E-state index in [0.717, 1.165) is 16.2 Å². The lowest BCUT2D eigenvalue weighted by molar-refractivity contribution is 0.0947. The van der Waals surface area contributed by atoms with E-state index in [2.05, 4.69) is 16.0 Å². The first kappa shape index (κ1) is 49.6. The molecule has 2 amide bonds. The summed E-state index contributed by atoms with van der Waals surface area (Å²) in [5.74, 6) is -2.50. The highest BCUT2D eigenvalue weighted by Crippen LogP contribution is 2.35. The molecule has 2 aromatic heterocycles. The zero-order valence-corrected chi connectivity index (χ0v) is 40.5. The Labute approximate surface area is 408 Å². The van der Waals surface area contributed by atoms with E-state index in [9.17, 15) is 36.7 Å². The van der Waals surface area contributed by atoms with Gasteiger partial charge in [0.25, 0.3) is 22.9 Å². The number of benzene rings is 5. The molecule has 0 aliphatic carbocycles. The monoisotopic (exact) mass is 1140 g/mol. The van der Waals surface area contributed by atoms with Crippen molar-refractivity contribution in [1.29, 1.82) is 0 Å². The number of ether oxygens (including phenoxy) is 3. The van der Waals surface area contributed by atoms with Crippen LogP contribution in [-0.2, 0) is 20.6 Å². The lowest BCUT2D eigenvalue weighted by Crippen LogP contribution is -2.29. The Hall–Kier alpha value is -6.88. The Balaban J connectivity index is 0.000000229. The number of primary amides is 1. The van der Waals surface area contributed by atoms with Crippen LogP contribution in [0.2, 0.25) is 0 Å². The summed E-state index contributed by atoms with van der Waals surface area (Å²) in [6, 6.07) is 26.1. The maximum absolute atomic E-state index is 14.7. The average Bonchev–Trinajstić information content (AvgIpc) is 3.27. The zero-order chi connectivity index (χ0) is 48.7. The Bertz CT molecular complexity index is 3150. The highest BCUT2D eigenvalue weighted by molar-refractivity contribution is 14.1. The van der Waals surface area contributed by atoms with Crippen LogP contribution in [0, 0.1) is 44.3 Å². The minimum atomic E-state index is -0.885. The largest absolute Gasteiger partial charge is 0.497 e. The van der Waals surface area contributed by atoms with Crippen LogP contribution in [0.5, 0.6) is 28.7 Å². The number of halogens is 6. The van der Waals surface area contributed by atoms with Gasteiger partial charge in [0.05, 0.1) is 18.5 Å². The number of carbonyl (C=O) groups excluding carboxylic acids is 2. The van der Waals surface area contributed by atoms with Gasteiger partial charge in [-0.15, -0.1) is 0 Å². The second-order valence-electron chi connectivity index (χ2n) is 14.7. The molecule has 2 heterocycles. The van der Waals surface area contributed by atoms with E-state index in [1.165, 1.54) is 85.4 Å². The number of anilines is 4. The summed E-state index contributed by atoms with van der Waals surface area (Å²) < 4.78 is 76.6. The number of methoxy groups -OCH3 is 1. The fourth-order valence-electron chi connectivity index (χ4n) is 6.41. The average molecular weight is 1140 g/mol. The van der Waals surface area contributed by atoms with E-state index >= 15 is 0 Å². The molecule has 0 aliphatic rings. The minimum Gasteiger partial charge on any atom is -0.497 e. The van der Waals surface area contributed by atoms with E-state index < -0.39 is 46.2 Å². The molecule has 0 fully saturated rings. The van der Waals surface area contributed by atoms with Gasteiger partial charge in [-0.1, -0.05) is 12.1 Å². The second-order valence-corrected chi connectivity index (χ2v) is 17.2. The van der Waals surface area contributed by atoms with E-state index in [0.29, 0.717) is 24.0 Å². The number of carbonyl (C=O) groups is 2. The van der Waals surface area contributed by atoms with Crippen molar-refractivity contribution in [1.82, 2.24) is 14.5 Å². The molecule has 7 aromatic rings. The van der Waals surface area contributed by atoms with Crippen LogP contribution >= 0.6 is 45.2 Å². The standard InChI is InChI=1S/C28H24F2IN3O4.C20H16F2IN3O3/c1-16-12-18(29)6-11-23(16)38-24-14-25(35)34(2)27(33-22-10-7-19(31)13-21(22)30)26(24)28(36)32-15-17-4-8-20(37-3)9-5-17;1-10-7-11(21)3-6-15(10)29-16-9-17(27)26(2)20(18(16)19(24)28)25-14-5-4-12(23)8-13(14)22/h4-14,33H,15H2,1-3H3,(H,32,36);3-9,25H,1-2H3,(H2,24,28). The molecule has 0 unspecified atom stereocenters. The van der Waals surface area contributed by atoms with Gasteiger partial charge in [-0.05, 0) is 161 Å². The summed E-state index contributed by atoms with van der Waals surface area (Å²) in [7, 11) is 4.43. The highest BCUT2D eigenvalue weighted by atomic mass is 127. The maximum Gasteiger partial charge on any atom is 0.259 e.